The van der Waals surface area contributed by atoms with Gasteiger partial charge in [-0.15, -0.1) is 0 Å². The molecule has 0 aliphatic rings. The van der Waals surface area contributed by atoms with Crippen LogP contribution in [-0.2, 0) is 36.7 Å². The molecule has 34 nitrogen and oxygen atoms in total. The summed E-state index contributed by atoms with van der Waals surface area (Å²) in [6.45, 7) is 17.8. The summed E-state index contributed by atoms with van der Waals surface area (Å²) in [6.07, 6.45) is 1.11. The van der Waals surface area contributed by atoms with Gasteiger partial charge in [-0.3, -0.25) is 4.79 Å². The van der Waals surface area contributed by atoms with Crippen LogP contribution in [0.25, 0.3) is 45.2 Å². The topological polar surface area (TPSA) is 450 Å². The summed E-state index contributed by atoms with van der Waals surface area (Å²) in [5.41, 5.74) is 24.5. The number of hydrogen-bond acceptors (Lipinski definition) is 34. The lowest BCUT2D eigenvalue weighted by molar-refractivity contribution is -0.138. The molecule has 0 bridgehead atoms. The first-order valence-electron chi connectivity index (χ1n) is 32.1. The van der Waals surface area contributed by atoms with Crippen molar-refractivity contribution in [3.63, 3.8) is 0 Å². The number of rotatable bonds is 20. The van der Waals surface area contributed by atoms with Gasteiger partial charge < -0.3 is 46.0 Å². The molecular weight excluding hydrogens is 1340 g/mol. The fraction of sp³-hybridized carbons (Fsp3) is 0.200. The SMILES string of the molecule is CCOC(=O)c1ccc(Cc2nc3nonc3nc2N)cc1.CCOC(=O)c1ccc(Nc2nc3nonc3nc2NOC(C)=O)cc1.CCOC(=O)c1ccc(Nc2nc3nonc3nc2Nc2cccc(C)c2C)cc1.Cc1ccc(Cc2nc3nonc3nc2Nc2cccc(C)c2C)cc1. The monoisotopic (exact) mass is 1410 g/mol. The van der Waals surface area contributed by atoms with Gasteiger partial charge in [-0.2, -0.15) is 10.5 Å². The maximum absolute atomic E-state index is 11.8. The zero-order valence-corrected chi connectivity index (χ0v) is 57.4. The predicted molar refractivity (Wildman–Crippen MR) is 378 cm³/mol. The molecule has 7 N–H and O–H groups in total. The first-order chi connectivity index (χ1) is 50.4. The van der Waals surface area contributed by atoms with E-state index in [0.29, 0.717) is 101 Å². The Morgan fingerprint density at radius 3 is 1.14 bits per heavy atom. The van der Waals surface area contributed by atoms with Crippen LogP contribution in [0.4, 0.5) is 57.7 Å². The van der Waals surface area contributed by atoms with Crippen molar-refractivity contribution in [2.24, 2.45) is 0 Å². The van der Waals surface area contributed by atoms with E-state index < -0.39 is 11.9 Å². The second-order valence-electron chi connectivity index (χ2n) is 22.6. The molecule has 34 heteroatoms. The molecule has 0 amide bonds. The lowest BCUT2D eigenvalue weighted by Gasteiger charge is -2.14. The molecular formula is C70H66N22O12. The Balaban J connectivity index is 0.000000140. The van der Waals surface area contributed by atoms with E-state index in [1.807, 2.05) is 56.3 Å². The van der Waals surface area contributed by atoms with Crippen LogP contribution < -0.4 is 32.5 Å². The van der Waals surface area contributed by atoms with Gasteiger partial charge in [0.05, 0.1) is 47.9 Å². The second-order valence-corrected chi connectivity index (χ2v) is 22.6. The fourth-order valence-corrected chi connectivity index (χ4v) is 9.61. The van der Waals surface area contributed by atoms with Crippen LogP contribution in [0.5, 0.6) is 0 Å². The molecule has 0 saturated carbocycles. The molecule has 0 aliphatic heterocycles. The quantitative estimate of drug-likeness (QED) is 0.0234. The van der Waals surface area contributed by atoms with E-state index >= 15 is 0 Å². The van der Waals surface area contributed by atoms with E-state index in [0.717, 1.165) is 45.0 Å². The first-order valence-corrected chi connectivity index (χ1v) is 32.1. The molecule has 0 aliphatic carbocycles. The van der Waals surface area contributed by atoms with Crippen molar-refractivity contribution < 1.29 is 56.7 Å². The van der Waals surface area contributed by atoms with Gasteiger partial charge in [-0.25, -0.2) is 67.8 Å². The number of aromatic nitrogens is 16. The van der Waals surface area contributed by atoms with Gasteiger partial charge in [-0.1, -0.05) is 66.2 Å². The second kappa shape index (κ2) is 33.2. The number of nitrogens with two attached hydrogens (primary N) is 1. The van der Waals surface area contributed by atoms with Gasteiger partial charge in [0, 0.05) is 42.5 Å². The van der Waals surface area contributed by atoms with E-state index in [9.17, 15) is 19.2 Å². The summed E-state index contributed by atoms with van der Waals surface area (Å²) in [5, 5.41) is 42.5. The molecule has 14 aromatic rings. The Morgan fingerprint density at radius 2 is 0.721 bits per heavy atom. The van der Waals surface area contributed by atoms with Gasteiger partial charge in [-0.05, 0) is 203 Å². The fourth-order valence-electron chi connectivity index (χ4n) is 9.61. The summed E-state index contributed by atoms with van der Waals surface area (Å²) in [6, 6.07) is 41.0. The van der Waals surface area contributed by atoms with Crippen molar-refractivity contribution in [2.45, 2.75) is 75.2 Å². The largest absolute Gasteiger partial charge is 0.462 e. The van der Waals surface area contributed by atoms with Gasteiger partial charge >= 0.3 is 23.9 Å². The number of nitrogen functional groups attached to an aromatic ring is 1. The van der Waals surface area contributed by atoms with Crippen molar-refractivity contribution in [3.8, 4) is 0 Å². The third-order valence-corrected chi connectivity index (χ3v) is 15.3. The molecule has 14 rings (SSSR count). The van der Waals surface area contributed by atoms with Crippen LogP contribution in [0.1, 0.15) is 109 Å². The summed E-state index contributed by atoms with van der Waals surface area (Å²) in [4.78, 5) is 85.7. The van der Waals surface area contributed by atoms with Crippen molar-refractivity contribution in [1.29, 1.82) is 0 Å². The summed E-state index contributed by atoms with van der Waals surface area (Å²) < 4.78 is 33.6. The normalized spacial score (nSPS) is 10.7. The van der Waals surface area contributed by atoms with Gasteiger partial charge in [0.1, 0.15) is 5.82 Å². The highest BCUT2D eigenvalue weighted by Crippen LogP contribution is 2.31. The number of esters is 3. The number of aryl methyl sites for hydroxylation is 3. The molecule has 528 valence electrons. The minimum absolute atomic E-state index is 0.109. The lowest BCUT2D eigenvalue weighted by Crippen LogP contribution is -2.11. The number of fused-ring (bicyclic) bond motifs is 4. The molecule has 6 aromatic carbocycles. The number of nitrogens with one attached hydrogen (secondary N) is 5. The Kier molecular flexibility index (Phi) is 22.7. The zero-order chi connectivity index (χ0) is 73.2. The molecule has 0 unspecified atom stereocenters. The third-order valence-electron chi connectivity index (χ3n) is 15.3. The van der Waals surface area contributed by atoms with E-state index in [1.54, 1.807) is 81.4 Å². The Morgan fingerprint density at radius 1 is 0.385 bits per heavy atom. The average molecular weight is 1410 g/mol. The summed E-state index contributed by atoms with van der Waals surface area (Å²) >= 11 is 0. The van der Waals surface area contributed by atoms with Crippen LogP contribution in [0.2, 0.25) is 0 Å². The first kappa shape index (κ1) is 71.2. The highest BCUT2D eigenvalue weighted by molar-refractivity contribution is 5.91. The highest BCUT2D eigenvalue weighted by Gasteiger charge is 2.20. The van der Waals surface area contributed by atoms with Gasteiger partial charge in [0.2, 0.25) is 51.0 Å². The van der Waals surface area contributed by atoms with Crippen molar-refractivity contribution >= 4 is 127 Å². The van der Waals surface area contributed by atoms with Crippen LogP contribution in [0, 0.1) is 34.6 Å². The Labute approximate surface area is 590 Å². The number of benzene rings is 6. The van der Waals surface area contributed by atoms with Crippen molar-refractivity contribution in [2.75, 3.05) is 52.3 Å². The number of anilines is 10. The Hall–Kier alpha value is -14.1. The lowest BCUT2D eigenvalue weighted by atomic mass is 10.1. The number of carbonyl (C=O) groups is 4. The van der Waals surface area contributed by atoms with E-state index in [4.69, 9.17) is 34.0 Å². The number of carbonyl (C=O) groups excluding carboxylic acids is 4. The molecule has 0 fully saturated rings. The zero-order valence-electron chi connectivity index (χ0n) is 57.4. The Bertz CT molecular complexity index is 5340. The molecule has 8 heterocycles. The van der Waals surface area contributed by atoms with Crippen LogP contribution in [0.15, 0.2) is 152 Å². The number of nitrogens with zero attached hydrogens (tertiary/aromatic N) is 16. The number of hydrogen-bond donors (Lipinski definition) is 6. The smallest absolute Gasteiger partial charge is 0.338 e. The van der Waals surface area contributed by atoms with Crippen LogP contribution in [-0.4, -0.2) is 125 Å². The molecule has 0 spiro atoms. The van der Waals surface area contributed by atoms with Gasteiger partial charge in [0.25, 0.3) is 0 Å². The standard InChI is InChI=1S/C21H20N6O3.C20H19N5O.C15H14N6O5.C14H13N5O3/c1-4-29-21(28)14-8-10-15(11-9-14)22-17-18(25-20-19(24-17)26-30-27-20)23-16-7-5-6-12(2)13(16)3;1-12-7-9-15(10-8-12)11-17-18(23-20-19(22-17)24-26-25-20)21-16-6-4-5-13(2)14(16)3;1-3-24-15(23)9-4-6-10(7-5-9)16-11-12(19-25-8(2)22)18-14-13(17-11)20-26-21-14;1-2-21-14(20)9-5-3-8(4-6-9)7-10-11(15)17-13-12(16-10)18-22-19-13/h5-11H,4H2,1-3H3,(H,22,24,26)(H,23,25,27);4-10H,11H2,1-3H3,(H,21,23,25);4-7H,3H2,1-2H3,(H,16,17,20)(H,18,19,21);3-6H,2,7H2,1H3,(H2,15,17,19). The van der Waals surface area contributed by atoms with E-state index in [-0.39, 0.29) is 52.0 Å². The molecule has 0 atom stereocenters. The van der Waals surface area contributed by atoms with Crippen molar-refractivity contribution in [1.82, 2.24) is 81.1 Å². The predicted octanol–water partition coefficient (Wildman–Crippen LogP) is 11.8. The minimum Gasteiger partial charge on any atom is -0.462 e. The maximum Gasteiger partial charge on any atom is 0.338 e. The van der Waals surface area contributed by atoms with Crippen molar-refractivity contribution in [3.05, 3.63) is 200 Å². The summed E-state index contributed by atoms with van der Waals surface area (Å²) in [5.74, 6) is 0.515. The maximum atomic E-state index is 11.8. The molecule has 0 saturated heterocycles. The van der Waals surface area contributed by atoms with E-state index in [2.05, 4.69) is 168 Å². The third kappa shape index (κ3) is 18.0. The van der Waals surface area contributed by atoms with E-state index in [1.165, 1.54) is 23.6 Å². The molecule has 104 heavy (non-hydrogen) atoms. The van der Waals surface area contributed by atoms with Crippen LogP contribution >= 0.6 is 0 Å². The average Bonchev–Trinajstić information content (AvgIpc) is 1.49. The number of ether oxygens (including phenoxy) is 3. The molecule has 0 radical (unpaired) electrons. The van der Waals surface area contributed by atoms with Crippen LogP contribution in [0.3, 0.4) is 0 Å². The molecule has 8 aromatic heterocycles. The van der Waals surface area contributed by atoms with Gasteiger partial charge in [0.15, 0.2) is 23.3 Å². The highest BCUT2D eigenvalue weighted by atomic mass is 16.7. The summed E-state index contributed by atoms with van der Waals surface area (Å²) in [7, 11) is 0. The minimum atomic E-state index is -0.560.